The minimum Gasteiger partial charge on any atom is -0.449 e. The fourth-order valence-electron chi connectivity index (χ4n) is 5.95. The normalized spacial score (nSPS) is 14.7. The van der Waals surface area contributed by atoms with Gasteiger partial charge in [-0.15, -0.1) is 0 Å². The molecule has 0 aromatic heterocycles. The molecular formula is C39H61NO4Si. The summed E-state index contributed by atoms with van der Waals surface area (Å²) in [6.45, 7) is 13.3. The molecule has 2 aromatic carbocycles. The van der Waals surface area contributed by atoms with Crippen LogP contribution < -0.4 is 5.32 Å². The van der Waals surface area contributed by atoms with E-state index in [9.17, 15) is 9.90 Å². The zero-order valence-corrected chi connectivity index (χ0v) is 30.1. The van der Waals surface area contributed by atoms with Gasteiger partial charge in [0.05, 0.1) is 18.8 Å². The van der Waals surface area contributed by atoms with E-state index >= 15 is 0 Å². The van der Waals surface area contributed by atoms with Crippen LogP contribution in [-0.4, -0.2) is 44.9 Å². The minimum absolute atomic E-state index is 0.00113. The highest BCUT2D eigenvalue weighted by Crippen LogP contribution is 2.44. The van der Waals surface area contributed by atoms with Crippen molar-refractivity contribution in [3.63, 3.8) is 0 Å². The second kappa shape index (κ2) is 18.7. The van der Waals surface area contributed by atoms with Gasteiger partial charge in [0.15, 0.2) is 8.32 Å². The Balaban J connectivity index is 1.53. The van der Waals surface area contributed by atoms with Gasteiger partial charge in [0.25, 0.3) is 0 Å². The number of unbranched alkanes of at least 4 members (excludes halogenated alkanes) is 11. The number of nitrogens with one attached hydrogen (secondary N) is 1. The molecule has 1 aliphatic carbocycles. The molecule has 0 saturated heterocycles. The highest BCUT2D eigenvalue weighted by atomic mass is 28.4. The summed E-state index contributed by atoms with van der Waals surface area (Å²) in [5.74, 6) is -0.0132. The third kappa shape index (κ3) is 11.4. The van der Waals surface area contributed by atoms with Gasteiger partial charge in [-0.1, -0.05) is 153 Å². The Morgan fingerprint density at radius 1 is 0.867 bits per heavy atom. The van der Waals surface area contributed by atoms with Gasteiger partial charge in [-0.3, -0.25) is 0 Å². The second-order valence-electron chi connectivity index (χ2n) is 14.4. The van der Waals surface area contributed by atoms with Gasteiger partial charge < -0.3 is 19.6 Å². The van der Waals surface area contributed by atoms with E-state index in [1.165, 1.54) is 86.5 Å². The number of ether oxygens (including phenoxy) is 1. The lowest BCUT2D eigenvalue weighted by Crippen LogP contribution is -2.52. The number of hydrogen-bond donors (Lipinski definition) is 2. The maximum atomic E-state index is 13.1. The summed E-state index contributed by atoms with van der Waals surface area (Å²) in [4.78, 5) is 13.1. The van der Waals surface area contributed by atoms with Crippen LogP contribution in [0.1, 0.15) is 122 Å². The molecule has 6 heteroatoms. The largest absolute Gasteiger partial charge is 0.449 e. The molecule has 2 atom stereocenters. The van der Waals surface area contributed by atoms with Crippen LogP contribution in [0.3, 0.4) is 0 Å². The number of aliphatic hydroxyl groups excluding tert-OH is 1. The zero-order chi connectivity index (χ0) is 32.7. The molecule has 5 nitrogen and oxygen atoms in total. The van der Waals surface area contributed by atoms with Gasteiger partial charge in [0.1, 0.15) is 6.61 Å². The molecule has 2 unspecified atom stereocenters. The number of allylic oxidation sites excluding steroid dienone is 1. The van der Waals surface area contributed by atoms with Crippen molar-refractivity contribution >= 4 is 14.4 Å². The van der Waals surface area contributed by atoms with Crippen LogP contribution in [0.5, 0.6) is 0 Å². The van der Waals surface area contributed by atoms with Crippen molar-refractivity contribution < 1.29 is 19.1 Å². The summed E-state index contributed by atoms with van der Waals surface area (Å²) < 4.78 is 12.6. The van der Waals surface area contributed by atoms with Crippen molar-refractivity contribution in [3.8, 4) is 11.1 Å². The number of aliphatic hydroxyl groups is 1. The summed E-state index contributed by atoms with van der Waals surface area (Å²) in [6.07, 6.45) is 18.8. The van der Waals surface area contributed by atoms with Crippen molar-refractivity contribution in [1.29, 1.82) is 0 Å². The lowest BCUT2D eigenvalue weighted by Gasteiger charge is -2.40. The van der Waals surface area contributed by atoms with E-state index < -0.39 is 26.6 Å². The van der Waals surface area contributed by atoms with Crippen LogP contribution >= 0.6 is 0 Å². The van der Waals surface area contributed by atoms with Crippen molar-refractivity contribution in [3.05, 3.63) is 71.8 Å². The van der Waals surface area contributed by atoms with E-state index in [0.717, 1.165) is 12.8 Å². The molecule has 0 heterocycles. The molecule has 0 spiro atoms. The Hall–Kier alpha value is -2.41. The molecule has 45 heavy (non-hydrogen) atoms. The number of hydrogen-bond acceptors (Lipinski definition) is 4. The first-order valence-electron chi connectivity index (χ1n) is 17.7. The van der Waals surface area contributed by atoms with E-state index in [1.54, 1.807) is 0 Å². The number of carbonyl (C=O) groups excluding carboxylic acids is 1. The van der Waals surface area contributed by atoms with Crippen LogP contribution in [0.15, 0.2) is 60.7 Å². The third-order valence-electron chi connectivity index (χ3n) is 9.78. The number of carbonyl (C=O) groups is 1. The van der Waals surface area contributed by atoms with Crippen molar-refractivity contribution in [2.45, 2.75) is 141 Å². The Labute approximate surface area is 275 Å². The van der Waals surface area contributed by atoms with Gasteiger partial charge in [-0.05, 0) is 53.2 Å². The molecule has 0 saturated carbocycles. The first kappa shape index (κ1) is 37.0. The quantitative estimate of drug-likeness (QED) is 0.0863. The molecule has 250 valence electrons. The molecule has 0 aliphatic heterocycles. The summed E-state index contributed by atoms with van der Waals surface area (Å²) in [5.41, 5.74) is 4.74. The Kier molecular flexibility index (Phi) is 15.4. The molecule has 2 aromatic rings. The fraction of sp³-hybridized carbons (Fsp3) is 0.615. The van der Waals surface area contributed by atoms with Crippen molar-refractivity contribution in [1.82, 2.24) is 5.32 Å². The number of alkyl carbamates (subject to hydrolysis) is 1. The van der Waals surface area contributed by atoms with E-state index in [4.69, 9.17) is 9.16 Å². The average Bonchev–Trinajstić information content (AvgIpc) is 3.33. The lowest BCUT2D eigenvalue weighted by molar-refractivity contribution is 0.102. The monoisotopic (exact) mass is 635 g/mol. The summed E-state index contributed by atoms with van der Waals surface area (Å²) in [7, 11) is -2.18. The van der Waals surface area contributed by atoms with Gasteiger partial charge in [-0.2, -0.15) is 0 Å². The van der Waals surface area contributed by atoms with E-state index in [1.807, 2.05) is 24.3 Å². The number of rotatable bonds is 20. The van der Waals surface area contributed by atoms with E-state index in [0.29, 0.717) is 0 Å². The third-order valence-corrected chi connectivity index (χ3v) is 14.3. The first-order valence-corrected chi connectivity index (χ1v) is 20.6. The van der Waals surface area contributed by atoms with Crippen LogP contribution in [-0.2, 0) is 9.16 Å². The molecule has 3 rings (SSSR count). The molecule has 2 N–H and O–H groups in total. The predicted molar refractivity (Wildman–Crippen MR) is 191 cm³/mol. The van der Waals surface area contributed by atoms with Gasteiger partial charge in [-0.25, -0.2) is 4.79 Å². The molecule has 1 aliphatic rings. The van der Waals surface area contributed by atoms with Gasteiger partial charge in [0.2, 0.25) is 0 Å². The average molecular weight is 636 g/mol. The van der Waals surface area contributed by atoms with Crippen LogP contribution in [0.4, 0.5) is 4.79 Å². The van der Waals surface area contributed by atoms with E-state index in [-0.39, 0.29) is 24.2 Å². The van der Waals surface area contributed by atoms with Crippen LogP contribution in [0.25, 0.3) is 11.1 Å². The minimum atomic E-state index is -2.18. The number of amides is 1. The van der Waals surface area contributed by atoms with Crippen molar-refractivity contribution in [2.75, 3.05) is 13.2 Å². The smallest absolute Gasteiger partial charge is 0.407 e. The summed E-state index contributed by atoms with van der Waals surface area (Å²) in [5, 5.41) is 13.4. The van der Waals surface area contributed by atoms with Crippen LogP contribution in [0, 0.1) is 0 Å². The van der Waals surface area contributed by atoms with E-state index in [2.05, 4.69) is 82.5 Å². The summed E-state index contributed by atoms with van der Waals surface area (Å²) >= 11 is 0. The summed E-state index contributed by atoms with van der Waals surface area (Å²) in [6, 6.07) is 16.0. The SMILES string of the molecule is CCCCCCCCCCCCC/C=C/C(O[Si](C)(C)C(C)(C)C)C(CO)NC(=O)OCC1c2ccccc2-c2ccccc21. The highest BCUT2D eigenvalue weighted by Gasteiger charge is 2.40. The molecular weight excluding hydrogens is 575 g/mol. The zero-order valence-electron chi connectivity index (χ0n) is 29.1. The Bertz CT molecular complexity index is 1140. The van der Waals surface area contributed by atoms with Gasteiger partial charge >= 0.3 is 6.09 Å². The molecule has 0 fully saturated rings. The standard InChI is InChI=1S/C39H61NO4Si/c1-7-8-9-10-11-12-13-14-15-16-17-18-19-28-37(44-45(5,6)39(2,3)4)36(29-41)40-38(42)43-30-35-33-26-22-20-24-31(33)32-25-21-23-27-34(32)35/h19-28,35-37,41H,7-18,29-30H2,1-6H3,(H,40,42)/b28-19+. The Morgan fingerprint density at radius 2 is 1.38 bits per heavy atom. The topological polar surface area (TPSA) is 67.8 Å². The Morgan fingerprint density at radius 3 is 1.89 bits per heavy atom. The predicted octanol–water partition coefficient (Wildman–Crippen LogP) is 10.5. The molecule has 0 radical (unpaired) electrons. The number of fused-ring (bicyclic) bond motifs is 3. The highest BCUT2D eigenvalue weighted by molar-refractivity contribution is 6.74. The van der Waals surface area contributed by atoms with Crippen molar-refractivity contribution in [2.24, 2.45) is 0 Å². The maximum Gasteiger partial charge on any atom is 0.407 e. The molecule has 0 bridgehead atoms. The maximum absolute atomic E-state index is 13.1. The molecule has 1 amide bonds. The van der Waals surface area contributed by atoms with Crippen LogP contribution in [0.2, 0.25) is 18.1 Å². The second-order valence-corrected chi connectivity index (χ2v) is 19.1. The van der Waals surface area contributed by atoms with Gasteiger partial charge in [0, 0.05) is 5.92 Å². The lowest BCUT2D eigenvalue weighted by atomic mass is 9.98. The first-order chi connectivity index (χ1) is 21.6. The fourth-order valence-corrected chi connectivity index (χ4v) is 7.23. The number of benzene rings is 2.